The van der Waals surface area contributed by atoms with Gasteiger partial charge < -0.3 is 9.97 Å². The molecule has 0 atom stereocenters. The van der Waals surface area contributed by atoms with Crippen LogP contribution >= 0.6 is 0 Å². The van der Waals surface area contributed by atoms with Crippen LogP contribution < -0.4 is 9.97 Å². The molecular weight excluding hydrogens is 427 g/mol. The van der Waals surface area contributed by atoms with Crippen LogP contribution in [0.1, 0.15) is 11.4 Å². The van der Waals surface area contributed by atoms with Gasteiger partial charge in [-0.3, -0.25) is 9.98 Å². The molecule has 0 N–H and O–H groups in total. The van der Waals surface area contributed by atoms with E-state index < -0.39 is 0 Å². The van der Waals surface area contributed by atoms with Gasteiger partial charge in [0.2, 0.25) is 0 Å². The van der Waals surface area contributed by atoms with E-state index in [4.69, 9.17) is 0 Å². The number of hydrogen-bond donors (Lipinski definition) is 0. The molecule has 0 bridgehead atoms. The van der Waals surface area contributed by atoms with Gasteiger partial charge in [0.1, 0.15) is 0 Å². The first-order valence-electron chi connectivity index (χ1n) is 8.24. The molecule has 5 heteroatoms. The molecular formula is C22H18N4Pd. The summed E-state index contributed by atoms with van der Waals surface area (Å²) in [7, 11) is 0. The maximum absolute atomic E-state index is 4.26. The summed E-state index contributed by atoms with van der Waals surface area (Å²) in [5, 5.41) is 0. The average molecular weight is 445 g/mol. The minimum Gasteiger partial charge on any atom is -0.663 e. The summed E-state index contributed by atoms with van der Waals surface area (Å²) in [4.78, 5) is 16.7. The first-order chi connectivity index (χ1) is 12.9. The van der Waals surface area contributed by atoms with Crippen LogP contribution in [0.3, 0.4) is 0 Å². The average Bonchev–Trinajstić information content (AvgIpc) is 3.41. The van der Waals surface area contributed by atoms with Crippen LogP contribution in [0.4, 0.5) is 11.4 Å². The second kappa shape index (κ2) is 11.6. The predicted octanol–water partition coefficient (Wildman–Crippen LogP) is 4.79. The second-order valence-electron chi connectivity index (χ2n) is 5.31. The van der Waals surface area contributed by atoms with E-state index in [0.717, 1.165) is 22.8 Å². The number of rotatable bonds is 4. The molecule has 0 amide bonds. The quantitative estimate of drug-likeness (QED) is 0.336. The molecule has 4 rings (SSSR count). The van der Waals surface area contributed by atoms with E-state index >= 15 is 0 Å². The molecule has 0 fully saturated rings. The van der Waals surface area contributed by atoms with Crippen LogP contribution in [0.15, 0.2) is 107 Å². The summed E-state index contributed by atoms with van der Waals surface area (Å²) in [6.07, 6.45) is 7.03. The van der Waals surface area contributed by atoms with E-state index in [1.807, 2.05) is 84.9 Å². The Bertz CT molecular complexity index is 833. The zero-order chi connectivity index (χ0) is 17.9. The molecule has 0 aliphatic carbocycles. The van der Waals surface area contributed by atoms with E-state index in [-0.39, 0.29) is 20.4 Å². The van der Waals surface area contributed by atoms with Crippen molar-refractivity contribution in [2.45, 2.75) is 0 Å². The SMILES string of the molecule is C(=Nc1ccccc1)c1ccc[n-]1.C(=Nc1ccccc1)c1ccc[n-]1.[Pd+2]. The van der Waals surface area contributed by atoms with Crippen LogP contribution in [-0.2, 0) is 20.4 Å². The van der Waals surface area contributed by atoms with E-state index in [9.17, 15) is 0 Å². The van der Waals surface area contributed by atoms with Crippen molar-refractivity contribution in [2.75, 3.05) is 0 Å². The number of benzene rings is 2. The first kappa shape index (κ1) is 20.3. The third-order valence-electron chi connectivity index (χ3n) is 3.36. The van der Waals surface area contributed by atoms with Crippen molar-refractivity contribution in [3.63, 3.8) is 0 Å². The van der Waals surface area contributed by atoms with Gasteiger partial charge in [-0.25, -0.2) is 0 Å². The third-order valence-corrected chi connectivity index (χ3v) is 3.36. The zero-order valence-electron chi connectivity index (χ0n) is 14.5. The molecule has 4 aromatic rings. The molecule has 0 saturated carbocycles. The van der Waals surface area contributed by atoms with Crippen molar-refractivity contribution in [1.29, 1.82) is 0 Å². The van der Waals surface area contributed by atoms with Gasteiger partial charge in [0.15, 0.2) is 0 Å². The zero-order valence-corrected chi connectivity index (χ0v) is 16.1. The van der Waals surface area contributed by atoms with E-state index in [1.165, 1.54) is 0 Å². The molecule has 0 unspecified atom stereocenters. The van der Waals surface area contributed by atoms with Gasteiger partial charge in [-0.15, -0.1) is 11.4 Å². The molecule has 136 valence electrons. The summed E-state index contributed by atoms with van der Waals surface area (Å²) in [5.41, 5.74) is 3.68. The van der Waals surface area contributed by atoms with Crippen molar-refractivity contribution in [1.82, 2.24) is 9.97 Å². The largest absolute Gasteiger partial charge is 2.00 e. The Hall–Kier alpha value is -3.00. The van der Waals surface area contributed by atoms with Crippen molar-refractivity contribution in [2.24, 2.45) is 9.98 Å². The number of aromatic nitrogens is 2. The fourth-order valence-corrected chi connectivity index (χ4v) is 2.09. The van der Waals surface area contributed by atoms with E-state index in [1.54, 1.807) is 24.8 Å². The summed E-state index contributed by atoms with van der Waals surface area (Å²) < 4.78 is 0. The molecule has 0 saturated heterocycles. The Labute approximate surface area is 172 Å². The van der Waals surface area contributed by atoms with Crippen molar-refractivity contribution in [3.8, 4) is 0 Å². The van der Waals surface area contributed by atoms with Crippen LogP contribution in [-0.4, -0.2) is 12.4 Å². The van der Waals surface area contributed by atoms with Crippen molar-refractivity contribution < 1.29 is 20.4 Å². The van der Waals surface area contributed by atoms with E-state index in [0.29, 0.717) is 0 Å². The van der Waals surface area contributed by atoms with Gasteiger partial charge in [0, 0.05) is 12.4 Å². The predicted molar refractivity (Wildman–Crippen MR) is 107 cm³/mol. The molecule has 4 nitrogen and oxygen atoms in total. The topological polar surface area (TPSA) is 52.9 Å². The Morgan fingerprint density at radius 3 is 1.26 bits per heavy atom. The maximum Gasteiger partial charge on any atom is 2.00 e. The van der Waals surface area contributed by atoms with Crippen molar-refractivity contribution in [3.05, 3.63) is 109 Å². The summed E-state index contributed by atoms with van der Waals surface area (Å²) in [5.74, 6) is 0. The number of hydrogen-bond acceptors (Lipinski definition) is 2. The Morgan fingerprint density at radius 1 is 0.519 bits per heavy atom. The normalized spacial score (nSPS) is 10.4. The molecule has 27 heavy (non-hydrogen) atoms. The summed E-state index contributed by atoms with van der Waals surface area (Å²) in [6, 6.07) is 27.3. The van der Waals surface area contributed by atoms with Gasteiger partial charge in [-0.05, 0) is 24.3 Å². The molecule has 2 heterocycles. The molecule has 0 spiro atoms. The Kier molecular flexibility index (Phi) is 8.72. The Morgan fingerprint density at radius 2 is 0.926 bits per heavy atom. The standard InChI is InChI=1S/2C11H9N2.Pd/c2*1-2-5-10(6-3-1)13-9-11-7-4-8-12-11;/h2*1-9H;/q2*-1;+2. The van der Waals surface area contributed by atoms with Crippen molar-refractivity contribution >= 4 is 23.8 Å². The molecule has 0 aliphatic rings. The molecule has 0 radical (unpaired) electrons. The monoisotopic (exact) mass is 444 g/mol. The van der Waals surface area contributed by atoms with Gasteiger partial charge in [-0.2, -0.15) is 12.4 Å². The van der Waals surface area contributed by atoms with Gasteiger partial charge in [0.05, 0.1) is 11.4 Å². The number of nitrogens with zero attached hydrogens (tertiary/aromatic N) is 4. The molecule has 0 aliphatic heterocycles. The summed E-state index contributed by atoms with van der Waals surface area (Å²) in [6.45, 7) is 0. The third kappa shape index (κ3) is 7.41. The minimum absolute atomic E-state index is 0. The van der Waals surface area contributed by atoms with E-state index in [2.05, 4.69) is 20.0 Å². The van der Waals surface area contributed by atoms with Crippen LogP contribution in [0.2, 0.25) is 0 Å². The second-order valence-corrected chi connectivity index (χ2v) is 5.31. The number of aliphatic imine (C=N–C) groups is 2. The fraction of sp³-hybridized carbons (Fsp3) is 0. The Balaban J connectivity index is 0.000000187. The maximum atomic E-state index is 4.26. The molecule has 2 aromatic carbocycles. The van der Waals surface area contributed by atoms with Gasteiger partial charge in [0.25, 0.3) is 0 Å². The number of para-hydroxylation sites is 2. The smallest absolute Gasteiger partial charge is 0.663 e. The van der Waals surface area contributed by atoms with Gasteiger partial charge in [-0.1, -0.05) is 60.7 Å². The molecule has 2 aromatic heterocycles. The van der Waals surface area contributed by atoms with Crippen LogP contribution in [0.25, 0.3) is 0 Å². The van der Waals surface area contributed by atoms with Crippen LogP contribution in [0, 0.1) is 0 Å². The fourth-order valence-electron chi connectivity index (χ4n) is 2.09. The van der Waals surface area contributed by atoms with Crippen LogP contribution in [0.5, 0.6) is 0 Å². The van der Waals surface area contributed by atoms with Gasteiger partial charge >= 0.3 is 20.4 Å². The summed E-state index contributed by atoms with van der Waals surface area (Å²) >= 11 is 0. The minimum atomic E-state index is 0. The first-order valence-corrected chi connectivity index (χ1v) is 8.24.